The summed E-state index contributed by atoms with van der Waals surface area (Å²) in [4.78, 5) is 18.8. The van der Waals surface area contributed by atoms with Gasteiger partial charge in [-0.15, -0.1) is 0 Å². The van der Waals surface area contributed by atoms with Crippen molar-refractivity contribution in [3.8, 4) is 0 Å². The van der Waals surface area contributed by atoms with Crippen molar-refractivity contribution in [2.45, 2.75) is 116 Å². The fourth-order valence-electron chi connectivity index (χ4n) is 4.04. The van der Waals surface area contributed by atoms with Crippen molar-refractivity contribution >= 4 is 7.82 Å². The fourth-order valence-corrected chi connectivity index (χ4v) is 4.36. The largest absolute Gasteiger partial charge is 0.469 e. The lowest BCUT2D eigenvalue weighted by Crippen LogP contribution is -2.38. The molecule has 0 heterocycles. The summed E-state index contributed by atoms with van der Waals surface area (Å²) in [6, 6.07) is 0.149. The molecule has 0 aliphatic rings. The van der Waals surface area contributed by atoms with Crippen molar-refractivity contribution < 1.29 is 33.2 Å². The van der Waals surface area contributed by atoms with Crippen LogP contribution in [0.15, 0.2) is 0 Å². The average Bonchev–Trinajstić information content (AvgIpc) is 2.80. The first-order chi connectivity index (χ1) is 17.5. The predicted octanol–water partition coefficient (Wildman–Crippen LogP) is 5.99. The number of aliphatic hydroxyl groups is 1. The Morgan fingerprint density at radius 3 is 1.51 bits per heavy atom. The highest BCUT2D eigenvalue weighted by Gasteiger charge is 2.16. The summed E-state index contributed by atoms with van der Waals surface area (Å²) in [5.41, 5.74) is 0. The minimum Gasteiger partial charge on any atom is -0.395 e. The minimum absolute atomic E-state index is 0.0772. The summed E-state index contributed by atoms with van der Waals surface area (Å²) in [5.74, 6) is 0. The molecule has 0 radical (unpaired) electrons. The van der Waals surface area contributed by atoms with Crippen LogP contribution in [0.25, 0.3) is 0 Å². The normalized spacial score (nSPS) is 13.0. The highest BCUT2D eigenvalue weighted by Crippen LogP contribution is 2.35. The molecule has 3 N–H and O–H groups in total. The number of rotatable bonds is 25. The molecule has 0 saturated heterocycles. The summed E-state index contributed by atoms with van der Waals surface area (Å²) in [7, 11) is 5.29. The molecule has 0 saturated carbocycles. The van der Waals surface area contributed by atoms with Gasteiger partial charge in [0.25, 0.3) is 0 Å². The molecule has 0 amide bonds. The van der Waals surface area contributed by atoms with E-state index in [1.165, 1.54) is 103 Å². The molecule has 0 aliphatic heterocycles. The lowest BCUT2D eigenvalue weighted by molar-refractivity contribution is -0.870. The summed E-state index contributed by atoms with van der Waals surface area (Å²) in [5, 5.41) is 9.34. The second-order valence-electron chi connectivity index (χ2n) is 11.4. The van der Waals surface area contributed by atoms with Crippen LogP contribution >= 0.6 is 7.82 Å². The summed E-state index contributed by atoms with van der Waals surface area (Å²) < 4.78 is 20.2. The van der Waals surface area contributed by atoms with E-state index < -0.39 is 7.82 Å². The number of phosphoric acid groups is 1. The number of likely N-dealkylation sites (N-methyl/N-ethyl adjacent to an activating group) is 2. The molecule has 0 aliphatic carbocycles. The van der Waals surface area contributed by atoms with Gasteiger partial charge in [-0.25, -0.2) is 4.57 Å². The van der Waals surface area contributed by atoms with Gasteiger partial charge < -0.3 is 24.1 Å². The SMILES string of the molecule is CCCCCCCCCCCCCCCCCCN(C)C(CO)COC.C[N+](C)(C)CCOP(=O)(O)O. The van der Waals surface area contributed by atoms with E-state index in [0.717, 1.165) is 6.54 Å². The van der Waals surface area contributed by atoms with Crippen LogP contribution in [0.3, 0.4) is 0 Å². The monoisotopic (exact) mass is 555 g/mol. The Bertz CT molecular complexity index is 513. The first kappa shape index (κ1) is 39.1. The Kier molecular flexibility index (Phi) is 27.7. The molecule has 0 aromatic carbocycles. The Balaban J connectivity index is 0. The van der Waals surface area contributed by atoms with E-state index in [1.54, 1.807) is 7.11 Å². The molecule has 0 fully saturated rings. The summed E-state index contributed by atoms with van der Waals surface area (Å²) in [6.45, 7) is 4.80. The van der Waals surface area contributed by atoms with E-state index in [9.17, 15) is 9.67 Å². The van der Waals surface area contributed by atoms with Crippen molar-refractivity contribution in [3.05, 3.63) is 0 Å². The van der Waals surface area contributed by atoms with Crippen molar-refractivity contribution in [1.82, 2.24) is 4.90 Å². The number of phosphoric ester groups is 1. The predicted molar refractivity (Wildman–Crippen MR) is 156 cm³/mol. The molecule has 1 atom stereocenters. The summed E-state index contributed by atoms with van der Waals surface area (Å²) in [6.07, 6.45) is 22.5. The Morgan fingerprint density at radius 2 is 1.19 bits per heavy atom. The van der Waals surface area contributed by atoms with Crippen LogP contribution in [0.5, 0.6) is 0 Å². The van der Waals surface area contributed by atoms with Gasteiger partial charge >= 0.3 is 7.82 Å². The van der Waals surface area contributed by atoms with Crippen LogP contribution in [-0.2, 0) is 13.8 Å². The lowest BCUT2D eigenvalue weighted by atomic mass is 10.0. The van der Waals surface area contributed by atoms with Crippen molar-refractivity contribution in [2.75, 3.05) is 68.2 Å². The van der Waals surface area contributed by atoms with Gasteiger partial charge in [0.1, 0.15) is 13.2 Å². The van der Waals surface area contributed by atoms with Crippen molar-refractivity contribution in [1.29, 1.82) is 0 Å². The van der Waals surface area contributed by atoms with Gasteiger partial charge in [0.15, 0.2) is 0 Å². The van der Waals surface area contributed by atoms with Crippen molar-refractivity contribution in [3.63, 3.8) is 0 Å². The molecular weight excluding hydrogens is 491 g/mol. The van der Waals surface area contributed by atoms with E-state index in [-0.39, 0.29) is 19.3 Å². The quantitative estimate of drug-likeness (QED) is 0.0723. The molecular formula is C28H64N2O6P+. The van der Waals surface area contributed by atoms with Crippen molar-refractivity contribution in [2.24, 2.45) is 0 Å². The molecule has 0 bridgehead atoms. The van der Waals surface area contributed by atoms with Crippen LogP contribution in [-0.4, -0.2) is 98.5 Å². The number of quaternary nitrogens is 1. The molecule has 0 aromatic rings. The van der Waals surface area contributed by atoms with Gasteiger partial charge in [-0.1, -0.05) is 103 Å². The lowest BCUT2D eigenvalue weighted by Gasteiger charge is -2.25. The molecule has 0 spiro atoms. The maximum atomic E-state index is 10.2. The number of hydrogen-bond acceptors (Lipinski definition) is 5. The van der Waals surface area contributed by atoms with Crippen LogP contribution in [0, 0.1) is 0 Å². The van der Waals surface area contributed by atoms with E-state index in [1.807, 2.05) is 21.1 Å². The van der Waals surface area contributed by atoms with Crippen LogP contribution in [0.1, 0.15) is 110 Å². The zero-order valence-electron chi connectivity index (χ0n) is 25.3. The molecule has 9 heteroatoms. The smallest absolute Gasteiger partial charge is 0.395 e. The zero-order chi connectivity index (χ0) is 28.4. The van der Waals surface area contributed by atoms with Gasteiger partial charge in [-0.3, -0.25) is 9.42 Å². The first-order valence-electron chi connectivity index (χ1n) is 14.8. The number of hydrogen-bond donors (Lipinski definition) is 3. The second kappa shape index (κ2) is 26.2. The zero-order valence-corrected chi connectivity index (χ0v) is 26.2. The van der Waals surface area contributed by atoms with Gasteiger partial charge in [0, 0.05) is 7.11 Å². The summed E-state index contributed by atoms with van der Waals surface area (Å²) >= 11 is 0. The molecule has 0 aromatic heterocycles. The Labute approximate surface area is 229 Å². The standard InChI is InChI=1S/C23H49NO2.C5H14NO4P/c1-4-5-6-7-8-9-10-11-12-13-14-15-16-17-18-19-20-24(2)23(21-25)22-26-3;1-6(2,3)4-5-10-11(7,8)9/h23,25H,4-22H2,1-3H3;4-5H2,1-3H3,(H-,7,8,9)/p+1. The van der Waals surface area contributed by atoms with Gasteiger partial charge in [-0.05, 0) is 20.0 Å². The van der Waals surface area contributed by atoms with E-state index >= 15 is 0 Å². The van der Waals surface area contributed by atoms with Crippen LogP contribution in [0.4, 0.5) is 0 Å². The maximum absolute atomic E-state index is 10.2. The fraction of sp³-hybridized carbons (Fsp3) is 1.00. The topological polar surface area (TPSA) is 99.5 Å². The molecule has 226 valence electrons. The molecule has 8 nitrogen and oxygen atoms in total. The van der Waals surface area contributed by atoms with Gasteiger partial charge in [-0.2, -0.15) is 0 Å². The van der Waals surface area contributed by atoms with Gasteiger partial charge in [0.2, 0.25) is 0 Å². The molecule has 37 heavy (non-hydrogen) atoms. The number of methoxy groups -OCH3 is 1. The van der Waals surface area contributed by atoms with E-state index in [0.29, 0.717) is 17.6 Å². The third-order valence-electron chi connectivity index (χ3n) is 6.58. The minimum atomic E-state index is -4.26. The second-order valence-corrected chi connectivity index (χ2v) is 12.7. The van der Waals surface area contributed by atoms with E-state index in [4.69, 9.17) is 14.5 Å². The highest BCUT2D eigenvalue weighted by molar-refractivity contribution is 7.46. The van der Waals surface area contributed by atoms with Gasteiger partial charge in [0.05, 0.1) is 40.4 Å². The number of ether oxygens (including phenoxy) is 1. The maximum Gasteiger partial charge on any atom is 0.469 e. The third kappa shape index (κ3) is 33.9. The first-order valence-corrected chi connectivity index (χ1v) is 16.3. The number of nitrogens with zero attached hydrogens (tertiary/aromatic N) is 2. The third-order valence-corrected chi connectivity index (χ3v) is 7.10. The number of unbranched alkanes of at least 4 members (excludes halogenated alkanes) is 15. The average molecular weight is 556 g/mol. The number of aliphatic hydroxyl groups excluding tert-OH is 1. The van der Waals surface area contributed by atoms with Crippen LogP contribution in [0.2, 0.25) is 0 Å². The Morgan fingerprint density at radius 1 is 0.784 bits per heavy atom. The molecule has 0 rings (SSSR count). The van der Waals surface area contributed by atoms with Crippen LogP contribution < -0.4 is 0 Å². The highest BCUT2D eigenvalue weighted by atomic mass is 31.2. The van der Waals surface area contributed by atoms with E-state index in [2.05, 4.69) is 23.4 Å². The molecule has 1 unspecified atom stereocenters. The Hall–Kier alpha value is -0.0500.